The van der Waals surface area contributed by atoms with Crippen LogP contribution < -0.4 is 10.1 Å². The third-order valence-corrected chi connectivity index (χ3v) is 4.70. The van der Waals surface area contributed by atoms with E-state index in [1.54, 1.807) is 0 Å². The van der Waals surface area contributed by atoms with Gasteiger partial charge < -0.3 is 10.1 Å². The summed E-state index contributed by atoms with van der Waals surface area (Å²) in [5.74, 6) is 1.84. The van der Waals surface area contributed by atoms with Gasteiger partial charge in [0, 0.05) is 13.0 Å². The highest BCUT2D eigenvalue weighted by molar-refractivity contribution is 5.78. The lowest BCUT2D eigenvalue weighted by Crippen LogP contribution is -2.41. The van der Waals surface area contributed by atoms with Crippen LogP contribution in [-0.2, 0) is 11.2 Å². The Kier molecular flexibility index (Phi) is 4.98. The van der Waals surface area contributed by atoms with E-state index in [4.69, 9.17) is 4.74 Å². The highest BCUT2D eigenvalue weighted by atomic mass is 16.5. The van der Waals surface area contributed by atoms with E-state index in [2.05, 4.69) is 16.3 Å². The molecule has 1 aromatic carbocycles. The Bertz CT molecular complexity index is 487. The van der Waals surface area contributed by atoms with Crippen molar-refractivity contribution >= 4 is 5.91 Å². The number of carbonyl (C=O) groups excluding carboxylic acids is 1. The average molecular weight is 302 g/mol. The fraction of sp³-hybridized carbons (Fsp3) is 0.611. The van der Waals surface area contributed by atoms with Gasteiger partial charge in [0.2, 0.25) is 5.91 Å². The lowest BCUT2D eigenvalue weighted by atomic mass is 10.1. The Morgan fingerprint density at radius 1 is 1.32 bits per heavy atom. The maximum Gasteiger partial charge on any atom is 0.234 e. The van der Waals surface area contributed by atoms with Crippen molar-refractivity contribution in [1.82, 2.24) is 10.2 Å². The van der Waals surface area contributed by atoms with Crippen LogP contribution in [0.1, 0.15) is 31.2 Å². The molecule has 1 aromatic rings. The van der Waals surface area contributed by atoms with Gasteiger partial charge in [0.25, 0.3) is 0 Å². The van der Waals surface area contributed by atoms with Crippen molar-refractivity contribution in [3.05, 3.63) is 29.8 Å². The van der Waals surface area contributed by atoms with E-state index in [-0.39, 0.29) is 12.0 Å². The molecule has 4 heteroatoms. The number of fused-ring (bicyclic) bond motifs is 1. The largest absolute Gasteiger partial charge is 0.488 e. The van der Waals surface area contributed by atoms with E-state index < -0.39 is 0 Å². The highest BCUT2D eigenvalue weighted by Gasteiger charge is 2.23. The summed E-state index contributed by atoms with van der Waals surface area (Å²) in [6.07, 6.45) is 6.30. The predicted molar refractivity (Wildman–Crippen MR) is 87.0 cm³/mol. The average Bonchev–Trinajstić information content (AvgIpc) is 3.13. The normalized spacial score (nSPS) is 20.9. The molecule has 3 rings (SSSR count). The monoisotopic (exact) mass is 302 g/mol. The van der Waals surface area contributed by atoms with Crippen LogP contribution in [0.2, 0.25) is 0 Å². The maximum absolute atomic E-state index is 12.0. The molecule has 0 bridgehead atoms. The van der Waals surface area contributed by atoms with Crippen molar-refractivity contribution in [2.75, 3.05) is 26.7 Å². The summed E-state index contributed by atoms with van der Waals surface area (Å²) in [4.78, 5) is 14.2. The molecule has 1 N–H and O–H groups in total. The first-order valence-corrected chi connectivity index (χ1v) is 8.40. The van der Waals surface area contributed by atoms with Crippen LogP contribution in [0, 0.1) is 5.92 Å². The fourth-order valence-corrected chi connectivity index (χ4v) is 3.59. The molecule has 1 atom stereocenters. The van der Waals surface area contributed by atoms with Gasteiger partial charge in [-0.3, -0.25) is 9.69 Å². The molecule has 1 heterocycles. The third kappa shape index (κ3) is 4.01. The standard InChI is InChI=1S/C18H26N2O2/c1-20(12-14-6-2-3-7-14)13-18(21)19-11-16-10-15-8-4-5-9-17(15)22-16/h4-5,8-9,14,16H,2-3,6-7,10-13H2,1H3,(H,19,21). The highest BCUT2D eigenvalue weighted by Crippen LogP contribution is 2.27. The van der Waals surface area contributed by atoms with Crippen molar-refractivity contribution in [1.29, 1.82) is 0 Å². The number of nitrogens with one attached hydrogen (secondary N) is 1. The topological polar surface area (TPSA) is 41.6 Å². The van der Waals surface area contributed by atoms with Gasteiger partial charge in [-0.1, -0.05) is 31.0 Å². The number of nitrogens with zero attached hydrogens (tertiary/aromatic N) is 1. The first-order chi connectivity index (χ1) is 10.7. The van der Waals surface area contributed by atoms with E-state index in [0.717, 1.165) is 24.6 Å². The van der Waals surface area contributed by atoms with Crippen LogP contribution in [-0.4, -0.2) is 43.6 Å². The minimum atomic E-state index is 0.0708. The minimum Gasteiger partial charge on any atom is -0.488 e. The molecule has 0 aromatic heterocycles. The van der Waals surface area contributed by atoms with E-state index in [1.807, 2.05) is 25.2 Å². The number of hydrogen-bond acceptors (Lipinski definition) is 3. The Morgan fingerprint density at radius 3 is 2.86 bits per heavy atom. The summed E-state index contributed by atoms with van der Waals surface area (Å²) in [7, 11) is 2.04. The van der Waals surface area contributed by atoms with Crippen LogP contribution >= 0.6 is 0 Å². The Balaban J connectivity index is 1.36. The maximum atomic E-state index is 12.0. The molecular formula is C18H26N2O2. The molecule has 0 saturated heterocycles. The smallest absolute Gasteiger partial charge is 0.234 e. The summed E-state index contributed by atoms with van der Waals surface area (Å²) >= 11 is 0. The summed E-state index contributed by atoms with van der Waals surface area (Å²) in [5.41, 5.74) is 1.24. The first kappa shape index (κ1) is 15.3. The molecule has 0 spiro atoms. The first-order valence-electron chi connectivity index (χ1n) is 8.40. The Morgan fingerprint density at radius 2 is 2.09 bits per heavy atom. The summed E-state index contributed by atoms with van der Waals surface area (Å²) in [6, 6.07) is 8.10. The molecule has 1 aliphatic carbocycles. The van der Waals surface area contributed by atoms with Crippen LogP contribution in [0.4, 0.5) is 0 Å². The molecule has 1 amide bonds. The van der Waals surface area contributed by atoms with Crippen LogP contribution in [0.15, 0.2) is 24.3 Å². The molecule has 1 saturated carbocycles. The van der Waals surface area contributed by atoms with Crippen molar-refractivity contribution in [2.24, 2.45) is 5.92 Å². The Labute approximate surface area is 132 Å². The SMILES string of the molecule is CN(CC(=O)NCC1Cc2ccccc2O1)CC1CCCC1. The van der Waals surface area contributed by atoms with E-state index >= 15 is 0 Å². The van der Waals surface area contributed by atoms with Gasteiger partial charge in [-0.05, 0) is 37.4 Å². The second-order valence-corrected chi connectivity index (χ2v) is 6.70. The second kappa shape index (κ2) is 7.14. The molecule has 1 aliphatic heterocycles. The van der Waals surface area contributed by atoms with Gasteiger partial charge in [0.15, 0.2) is 0 Å². The number of ether oxygens (including phenoxy) is 1. The molecule has 1 unspecified atom stereocenters. The van der Waals surface area contributed by atoms with Gasteiger partial charge in [0.1, 0.15) is 11.9 Å². The summed E-state index contributed by atoms with van der Waals surface area (Å²) in [5, 5.41) is 3.01. The van der Waals surface area contributed by atoms with Gasteiger partial charge >= 0.3 is 0 Å². The third-order valence-electron chi connectivity index (χ3n) is 4.70. The lowest BCUT2D eigenvalue weighted by molar-refractivity contribution is -0.122. The molecule has 0 radical (unpaired) electrons. The molecule has 4 nitrogen and oxygen atoms in total. The van der Waals surface area contributed by atoms with Crippen molar-refractivity contribution in [2.45, 2.75) is 38.2 Å². The second-order valence-electron chi connectivity index (χ2n) is 6.70. The van der Waals surface area contributed by atoms with E-state index in [9.17, 15) is 4.79 Å². The number of rotatable bonds is 6. The molecule has 1 fully saturated rings. The molecule has 2 aliphatic rings. The van der Waals surface area contributed by atoms with Gasteiger partial charge in [-0.2, -0.15) is 0 Å². The van der Waals surface area contributed by atoms with Gasteiger partial charge in [0.05, 0.1) is 13.1 Å². The van der Waals surface area contributed by atoms with Crippen molar-refractivity contribution in [3.63, 3.8) is 0 Å². The van der Waals surface area contributed by atoms with Crippen molar-refractivity contribution < 1.29 is 9.53 Å². The van der Waals surface area contributed by atoms with E-state index in [0.29, 0.717) is 13.1 Å². The fourth-order valence-electron chi connectivity index (χ4n) is 3.59. The number of hydrogen-bond donors (Lipinski definition) is 1. The summed E-state index contributed by atoms with van der Waals surface area (Å²) in [6.45, 7) is 2.11. The van der Waals surface area contributed by atoms with Gasteiger partial charge in [-0.15, -0.1) is 0 Å². The zero-order valence-corrected chi connectivity index (χ0v) is 13.4. The van der Waals surface area contributed by atoms with Crippen molar-refractivity contribution in [3.8, 4) is 5.75 Å². The predicted octanol–water partition coefficient (Wildman–Crippen LogP) is 2.23. The number of para-hydroxylation sites is 1. The number of likely N-dealkylation sites (N-methyl/N-ethyl adjacent to an activating group) is 1. The quantitative estimate of drug-likeness (QED) is 0.876. The lowest BCUT2D eigenvalue weighted by Gasteiger charge is -2.20. The van der Waals surface area contributed by atoms with Crippen LogP contribution in [0.25, 0.3) is 0 Å². The summed E-state index contributed by atoms with van der Waals surface area (Å²) < 4.78 is 5.84. The van der Waals surface area contributed by atoms with E-state index in [1.165, 1.54) is 31.2 Å². The zero-order chi connectivity index (χ0) is 15.4. The molecule has 120 valence electrons. The minimum absolute atomic E-state index is 0.0708. The Hall–Kier alpha value is -1.55. The number of carbonyl (C=O) groups is 1. The van der Waals surface area contributed by atoms with Crippen LogP contribution in [0.5, 0.6) is 5.75 Å². The molecule has 22 heavy (non-hydrogen) atoms. The zero-order valence-electron chi connectivity index (χ0n) is 13.4. The number of amides is 1. The van der Waals surface area contributed by atoms with Gasteiger partial charge in [-0.25, -0.2) is 0 Å². The number of benzene rings is 1. The van der Waals surface area contributed by atoms with Crippen LogP contribution in [0.3, 0.4) is 0 Å². The molecular weight excluding hydrogens is 276 g/mol.